The van der Waals surface area contributed by atoms with Crippen LogP contribution >= 0.6 is 0 Å². The van der Waals surface area contributed by atoms with Gasteiger partial charge in [0.25, 0.3) is 5.82 Å². The van der Waals surface area contributed by atoms with E-state index >= 15 is 0 Å². The highest BCUT2D eigenvalue weighted by Crippen LogP contribution is 2.31. The highest BCUT2D eigenvalue weighted by molar-refractivity contribution is 7.86. The van der Waals surface area contributed by atoms with Crippen molar-refractivity contribution in [1.82, 2.24) is 14.8 Å². The van der Waals surface area contributed by atoms with E-state index in [0.29, 0.717) is 16.7 Å². The molecule has 1 aromatic heterocycles. The van der Waals surface area contributed by atoms with E-state index in [1.165, 1.54) is 6.07 Å². The highest BCUT2D eigenvalue weighted by Gasteiger charge is 2.37. The molecule has 11 heteroatoms. The van der Waals surface area contributed by atoms with Gasteiger partial charge in [0.15, 0.2) is 0 Å². The Labute approximate surface area is 135 Å². The molecule has 0 bridgehead atoms. The van der Waals surface area contributed by atoms with Crippen LogP contribution in [-0.4, -0.2) is 23.2 Å². The second kappa shape index (κ2) is 6.04. The number of aromatic nitrogens is 3. The van der Waals surface area contributed by atoms with E-state index in [-0.39, 0.29) is 17.7 Å². The second-order valence-electron chi connectivity index (χ2n) is 4.94. The summed E-state index contributed by atoms with van der Waals surface area (Å²) in [5, 5.41) is 3.28. The SMILES string of the molecule is CCc1cc(CC)c(S(=O)(=O)F)cc1-n1nc(C(F)(F)F)nc1N. The van der Waals surface area contributed by atoms with Crippen LogP contribution in [0.1, 0.15) is 30.8 Å². The van der Waals surface area contributed by atoms with Crippen molar-refractivity contribution in [3.05, 3.63) is 29.1 Å². The number of hydrogen-bond donors (Lipinski definition) is 1. The maximum absolute atomic E-state index is 13.5. The van der Waals surface area contributed by atoms with Crippen LogP contribution in [0.2, 0.25) is 0 Å². The number of nitrogens with zero attached hydrogens (tertiary/aromatic N) is 3. The van der Waals surface area contributed by atoms with Crippen LogP contribution in [0, 0.1) is 0 Å². The molecular weight excluding hydrogens is 352 g/mol. The standard InChI is InChI=1S/C13H14F4N4O2S/c1-3-7-5-8(4-2)10(24(17,22)23)6-9(7)21-12(18)19-11(20-21)13(14,15)16/h5-6H,3-4H2,1-2H3,(H2,18,19,20). The number of nitrogens with two attached hydrogens (primary N) is 1. The smallest absolute Gasteiger partial charge is 0.368 e. The number of aryl methyl sites for hydroxylation is 2. The van der Waals surface area contributed by atoms with Gasteiger partial charge in [0.2, 0.25) is 5.95 Å². The van der Waals surface area contributed by atoms with Crippen LogP contribution < -0.4 is 5.73 Å². The fraction of sp³-hybridized carbons (Fsp3) is 0.385. The number of alkyl halides is 3. The third kappa shape index (κ3) is 3.35. The molecule has 0 radical (unpaired) electrons. The molecule has 24 heavy (non-hydrogen) atoms. The third-order valence-electron chi connectivity index (χ3n) is 3.40. The Hall–Kier alpha value is -2.17. The van der Waals surface area contributed by atoms with Crippen molar-refractivity contribution in [2.24, 2.45) is 0 Å². The number of anilines is 1. The lowest BCUT2D eigenvalue weighted by atomic mass is 10.0. The zero-order valence-electron chi connectivity index (χ0n) is 12.7. The van der Waals surface area contributed by atoms with E-state index in [2.05, 4.69) is 10.1 Å². The topological polar surface area (TPSA) is 90.9 Å². The summed E-state index contributed by atoms with van der Waals surface area (Å²) in [7, 11) is -5.06. The van der Waals surface area contributed by atoms with Gasteiger partial charge in [-0.2, -0.15) is 31.3 Å². The minimum absolute atomic E-state index is 0.0635. The fourth-order valence-corrected chi connectivity index (χ4v) is 3.04. The van der Waals surface area contributed by atoms with Crippen molar-refractivity contribution < 1.29 is 25.5 Å². The molecule has 0 fully saturated rings. The Bertz CT molecular complexity index is 875. The first-order valence-corrected chi connectivity index (χ1v) is 8.27. The van der Waals surface area contributed by atoms with Crippen molar-refractivity contribution in [2.75, 3.05) is 5.73 Å². The molecule has 0 aliphatic carbocycles. The van der Waals surface area contributed by atoms with E-state index < -0.39 is 33.1 Å². The van der Waals surface area contributed by atoms with Crippen molar-refractivity contribution in [2.45, 2.75) is 37.8 Å². The molecule has 0 amide bonds. The summed E-state index contributed by atoms with van der Waals surface area (Å²) in [6.45, 7) is 3.34. The summed E-state index contributed by atoms with van der Waals surface area (Å²) in [6, 6.07) is 2.34. The number of halogens is 4. The maximum atomic E-state index is 13.5. The maximum Gasteiger partial charge on any atom is 0.453 e. The Balaban J connectivity index is 2.77. The quantitative estimate of drug-likeness (QED) is 0.664. The molecule has 2 aromatic rings. The molecule has 2 N–H and O–H groups in total. The van der Waals surface area contributed by atoms with Gasteiger partial charge in [-0.05, 0) is 30.0 Å². The summed E-state index contributed by atoms with van der Waals surface area (Å²) >= 11 is 0. The fourth-order valence-electron chi connectivity index (χ4n) is 2.27. The first kappa shape index (κ1) is 18.2. The van der Waals surface area contributed by atoms with Gasteiger partial charge in [0, 0.05) is 0 Å². The van der Waals surface area contributed by atoms with E-state index in [4.69, 9.17) is 5.73 Å². The lowest BCUT2D eigenvalue weighted by Crippen LogP contribution is -2.11. The van der Waals surface area contributed by atoms with Gasteiger partial charge in [-0.15, -0.1) is 8.98 Å². The lowest BCUT2D eigenvalue weighted by Gasteiger charge is -2.13. The molecule has 0 saturated heterocycles. The minimum atomic E-state index is -5.06. The molecule has 0 saturated carbocycles. The summed E-state index contributed by atoms with van der Waals surface area (Å²) < 4.78 is 75.0. The number of benzene rings is 1. The third-order valence-corrected chi connectivity index (χ3v) is 4.31. The molecule has 6 nitrogen and oxygen atoms in total. The van der Waals surface area contributed by atoms with Gasteiger partial charge < -0.3 is 5.73 Å². The van der Waals surface area contributed by atoms with E-state index in [9.17, 15) is 25.5 Å². The first-order chi connectivity index (χ1) is 11.0. The molecule has 1 aromatic carbocycles. The zero-order valence-corrected chi connectivity index (χ0v) is 13.5. The van der Waals surface area contributed by atoms with E-state index in [0.717, 1.165) is 6.07 Å². The molecule has 0 unspecified atom stereocenters. The van der Waals surface area contributed by atoms with Crippen molar-refractivity contribution >= 4 is 16.2 Å². The molecule has 0 aliphatic rings. The average Bonchev–Trinajstić information content (AvgIpc) is 2.86. The predicted octanol–water partition coefficient (Wildman–Crippen LogP) is 2.65. The highest BCUT2D eigenvalue weighted by atomic mass is 32.3. The van der Waals surface area contributed by atoms with E-state index in [1.807, 2.05) is 0 Å². The van der Waals surface area contributed by atoms with Crippen molar-refractivity contribution in [3.8, 4) is 5.69 Å². The summed E-state index contributed by atoms with van der Waals surface area (Å²) in [5.41, 5.74) is 6.08. The number of nitrogen functional groups attached to an aromatic ring is 1. The minimum Gasteiger partial charge on any atom is -0.368 e. The van der Waals surface area contributed by atoms with Crippen molar-refractivity contribution in [1.29, 1.82) is 0 Å². The first-order valence-electron chi connectivity index (χ1n) is 6.89. The average molecular weight is 366 g/mol. The van der Waals surface area contributed by atoms with Crippen LogP contribution in [-0.2, 0) is 29.2 Å². The van der Waals surface area contributed by atoms with Gasteiger partial charge in [0.05, 0.1) is 5.69 Å². The Kier molecular flexibility index (Phi) is 4.57. The Morgan fingerprint density at radius 3 is 2.17 bits per heavy atom. The van der Waals surface area contributed by atoms with Gasteiger partial charge >= 0.3 is 16.4 Å². The largest absolute Gasteiger partial charge is 0.453 e. The number of hydrogen-bond acceptors (Lipinski definition) is 5. The monoisotopic (exact) mass is 366 g/mol. The van der Waals surface area contributed by atoms with Crippen molar-refractivity contribution in [3.63, 3.8) is 0 Å². The van der Waals surface area contributed by atoms with Crippen LogP contribution in [0.25, 0.3) is 5.69 Å². The van der Waals surface area contributed by atoms with Crippen LogP contribution in [0.3, 0.4) is 0 Å². The molecule has 0 aliphatic heterocycles. The molecule has 1 heterocycles. The molecule has 132 valence electrons. The van der Waals surface area contributed by atoms with Gasteiger partial charge in [-0.25, -0.2) is 0 Å². The molecule has 2 rings (SSSR count). The van der Waals surface area contributed by atoms with Crippen LogP contribution in [0.5, 0.6) is 0 Å². The molecule has 0 spiro atoms. The molecule has 0 atom stereocenters. The predicted molar refractivity (Wildman–Crippen MR) is 77.8 cm³/mol. The second-order valence-corrected chi connectivity index (χ2v) is 6.25. The lowest BCUT2D eigenvalue weighted by molar-refractivity contribution is -0.144. The van der Waals surface area contributed by atoms with Gasteiger partial charge in [-0.3, -0.25) is 0 Å². The van der Waals surface area contributed by atoms with Crippen LogP contribution in [0.4, 0.5) is 23.0 Å². The summed E-state index contributed by atoms with van der Waals surface area (Å²) in [6.07, 6.45) is -4.24. The summed E-state index contributed by atoms with van der Waals surface area (Å²) in [5.74, 6) is -2.05. The van der Waals surface area contributed by atoms with Gasteiger partial charge in [-0.1, -0.05) is 19.9 Å². The molecular formula is C13H14F4N4O2S. The van der Waals surface area contributed by atoms with Gasteiger partial charge in [0.1, 0.15) is 4.90 Å². The normalized spacial score (nSPS) is 12.6. The van der Waals surface area contributed by atoms with E-state index in [1.54, 1.807) is 13.8 Å². The summed E-state index contributed by atoms with van der Waals surface area (Å²) in [4.78, 5) is 2.51. The number of rotatable bonds is 4. The Morgan fingerprint density at radius 2 is 1.75 bits per heavy atom. The Morgan fingerprint density at radius 1 is 1.17 bits per heavy atom. The zero-order chi connectivity index (χ0) is 18.3. The van der Waals surface area contributed by atoms with Crippen LogP contribution in [0.15, 0.2) is 17.0 Å².